The first kappa shape index (κ1) is 11.7. The number of aromatic nitrogens is 3. The van der Waals surface area contributed by atoms with Crippen molar-refractivity contribution in [1.82, 2.24) is 14.8 Å². The van der Waals surface area contributed by atoms with Crippen molar-refractivity contribution < 1.29 is 9.90 Å². The summed E-state index contributed by atoms with van der Waals surface area (Å²) in [6.45, 7) is 5.97. The molecule has 5 nitrogen and oxygen atoms in total. The summed E-state index contributed by atoms with van der Waals surface area (Å²) in [5, 5.41) is 12.8. The third-order valence-corrected chi connectivity index (χ3v) is 2.19. The van der Waals surface area contributed by atoms with Crippen LogP contribution < -0.4 is 0 Å². The van der Waals surface area contributed by atoms with E-state index in [1.54, 1.807) is 0 Å². The standard InChI is InChI=1S/C10H17N3O2/c1-7(2)13-9(11-6-12-13)4-8(3)5-10(14)15/h6-8H,4-5H2,1-3H3,(H,14,15). The largest absolute Gasteiger partial charge is 0.481 e. The Bertz CT molecular complexity index is 333. The highest BCUT2D eigenvalue weighted by atomic mass is 16.4. The van der Waals surface area contributed by atoms with Gasteiger partial charge in [0.25, 0.3) is 0 Å². The molecule has 1 rings (SSSR count). The number of hydrogen-bond acceptors (Lipinski definition) is 3. The van der Waals surface area contributed by atoms with Crippen molar-refractivity contribution in [2.75, 3.05) is 0 Å². The number of aliphatic carboxylic acids is 1. The zero-order chi connectivity index (χ0) is 11.4. The van der Waals surface area contributed by atoms with Crippen LogP contribution in [0.25, 0.3) is 0 Å². The van der Waals surface area contributed by atoms with E-state index in [1.807, 2.05) is 25.5 Å². The number of carbonyl (C=O) groups is 1. The summed E-state index contributed by atoms with van der Waals surface area (Å²) in [6.07, 6.45) is 2.35. The fourth-order valence-electron chi connectivity index (χ4n) is 1.53. The second kappa shape index (κ2) is 4.91. The molecule has 1 N–H and O–H groups in total. The average molecular weight is 211 g/mol. The fourth-order valence-corrected chi connectivity index (χ4v) is 1.53. The van der Waals surface area contributed by atoms with E-state index >= 15 is 0 Å². The molecular weight excluding hydrogens is 194 g/mol. The molecule has 0 saturated heterocycles. The van der Waals surface area contributed by atoms with Crippen LogP contribution >= 0.6 is 0 Å². The van der Waals surface area contributed by atoms with E-state index in [0.717, 1.165) is 5.82 Å². The van der Waals surface area contributed by atoms with Crippen LogP contribution in [-0.2, 0) is 11.2 Å². The van der Waals surface area contributed by atoms with E-state index in [0.29, 0.717) is 6.42 Å². The van der Waals surface area contributed by atoms with E-state index in [-0.39, 0.29) is 18.4 Å². The van der Waals surface area contributed by atoms with Gasteiger partial charge in [-0.15, -0.1) is 0 Å². The Morgan fingerprint density at radius 1 is 1.53 bits per heavy atom. The molecule has 0 aliphatic heterocycles. The van der Waals surface area contributed by atoms with Gasteiger partial charge in [-0.2, -0.15) is 5.10 Å². The van der Waals surface area contributed by atoms with Crippen molar-refractivity contribution in [3.8, 4) is 0 Å². The SMILES string of the molecule is CC(CC(=O)O)Cc1ncnn1C(C)C. The molecule has 1 aromatic rings. The molecule has 0 aromatic carbocycles. The van der Waals surface area contributed by atoms with Crippen LogP contribution in [0, 0.1) is 5.92 Å². The topological polar surface area (TPSA) is 68.0 Å². The first-order valence-corrected chi connectivity index (χ1v) is 5.11. The highest BCUT2D eigenvalue weighted by Crippen LogP contribution is 2.12. The van der Waals surface area contributed by atoms with Gasteiger partial charge in [-0.3, -0.25) is 4.79 Å². The Kier molecular flexibility index (Phi) is 3.82. The van der Waals surface area contributed by atoms with Crippen LogP contribution in [0.3, 0.4) is 0 Å². The molecule has 0 spiro atoms. The Hall–Kier alpha value is -1.39. The summed E-state index contributed by atoms with van der Waals surface area (Å²) in [6, 6.07) is 0.263. The lowest BCUT2D eigenvalue weighted by molar-refractivity contribution is -0.137. The molecule has 1 aromatic heterocycles. The Morgan fingerprint density at radius 2 is 2.20 bits per heavy atom. The minimum absolute atomic E-state index is 0.0872. The van der Waals surface area contributed by atoms with Gasteiger partial charge >= 0.3 is 5.97 Å². The van der Waals surface area contributed by atoms with E-state index in [4.69, 9.17) is 5.11 Å². The molecule has 1 unspecified atom stereocenters. The molecule has 5 heteroatoms. The number of hydrogen-bond donors (Lipinski definition) is 1. The van der Waals surface area contributed by atoms with Crippen LogP contribution in [0.4, 0.5) is 0 Å². The lowest BCUT2D eigenvalue weighted by atomic mass is 10.0. The molecule has 0 radical (unpaired) electrons. The Morgan fingerprint density at radius 3 is 2.73 bits per heavy atom. The van der Waals surface area contributed by atoms with Crippen LogP contribution in [0.15, 0.2) is 6.33 Å². The third-order valence-electron chi connectivity index (χ3n) is 2.19. The van der Waals surface area contributed by atoms with Crippen LogP contribution in [0.5, 0.6) is 0 Å². The van der Waals surface area contributed by atoms with E-state index in [1.165, 1.54) is 6.33 Å². The average Bonchev–Trinajstić information content (AvgIpc) is 2.50. The zero-order valence-corrected chi connectivity index (χ0v) is 9.34. The molecule has 0 aliphatic rings. The lowest BCUT2D eigenvalue weighted by Crippen LogP contribution is -2.13. The van der Waals surface area contributed by atoms with Gasteiger partial charge in [0, 0.05) is 18.9 Å². The molecule has 0 fully saturated rings. The zero-order valence-electron chi connectivity index (χ0n) is 9.34. The highest BCUT2D eigenvalue weighted by molar-refractivity contribution is 5.66. The number of nitrogens with zero attached hydrogens (tertiary/aromatic N) is 3. The molecule has 0 bridgehead atoms. The smallest absolute Gasteiger partial charge is 0.303 e. The third kappa shape index (κ3) is 3.34. The highest BCUT2D eigenvalue weighted by Gasteiger charge is 2.13. The number of carboxylic acids is 1. The first-order valence-electron chi connectivity index (χ1n) is 5.11. The van der Waals surface area contributed by atoms with Crippen molar-refractivity contribution in [3.05, 3.63) is 12.2 Å². The van der Waals surface area contributed by atoms with Crippen molar-refractivity contribution in [3.63, 3.8) is 0 Å². The van der Waals surface area contributed by atoms with E-state index in [9.17, 15) is 4.79 Å². The van der Waals surface area contributed by atoms with E-state index < -0.39 is 5.97 Å². The predicted molar refractivity (Wildman–Crippen MR) is 55.5 cm³/mol. The van der Waals surface area contributed by atoms with Crippen molar-refractivity contribution in [2.45, 2.75) is 39.7 Å². The fraction of sp³-hybridized carbons (Fsp3) is 0.700. The minimum atomic E-state index is -0.766. The van der Waals surface area contributed by atoms with Crippen molar-refractivity contribution in [1.29, 1.82) is 0 Å². The summed E-state index contributed by atoms with van der Waals surface area (Å²) in [5.41, 5.74) is 0. The predicted octanol–water partition coefficient (Wildman–Crippen LogP) is 1.51. The van der Waals surface area contributed by atoms with Gasteiger partial charge in [-0.1, -0.05) is 6.92 Å². The summed E-state index contributed by atoms with van der Waals surface area (Å²) in [7, 11) is 0. The van der Waals surface area contributed by atoms with Crippen LogP contribution in [0.1, 0.15) is 39.1 Å². The molecule has 0 aliphatic carbocycles. The summed E-state index contributed by atoms with van der Waals surface area (Å²) >= 11 is 0. The number of rotatable bonds is 5. The van der Waals surface area contributed by atoms with Gasteiger partial charge < -0.3 is 5.11 Å². The molecule has 1 atom stereocenters. The Labute approximate surface area is 89.1 Å². The summed E-state index contributed by atoms with van der Waals surface area (Å²) in [5.74, 6) is 0.182. The first-order chi connectivity index (χ1) is 7.00. The summed E-state index contributed by atoms with van der Waals surface area (Å²) < 4.78 is 1.83. The van der Waals surface area contributed by atoms with Gasteiger partial charge in [0.05, 0.1) is 0 Å². The molecule has 0 saturated carbocycles. The van der Waals surface area contributed by atoms with Gasteiger partial charge in [-0.25, -0.2) is 9.67 Å². The van der Waals surface area contributed by atoms with Crippen molar-refractivity contribution >= 4 is 5.97 Å². The van der Waals surface area contributed by atoms with Gasteiger partial charge in [0.15, 0.2) is 0 Å². The lowest BCUT2D eigenvalue weighted by Gasteiger charge is -2.12. The molecular formula is C10H17N3O2. The summed E-state index contributed by atoms with van der Waals surface area (Å²) in [4.78, 5) is 14.7. The normalized spacial score (nSPS) is 13.1. The maximum absolute atomic E-state index is 10.5. The van der Waals surface area contributed by atoms with E-state index in [2.05, 4.69) is 10.1 Å². The van der Waals surface area contributed by atoms with Gasteiger partial charge in [0.2, 0.25) is 0 Å². The maximum Gasteiger partial charge on any atom is 0.303 e. The quantitative estimate of drug-likeness (QED) is 0.801. The molecule has 15 heavy (non-hydrogen) atoms. The minimum Gasteiger partial charge on any atom is -0.481 e. The maximum atomic E-state index is 10.5. The van der Waals surface area contributed by atoms with Crippen molar-refractivity contribution in [2.24, 2.45) is 5.92 Å². The second-order valence-electron chi connectivity index (χ2n) is 4.12. The second-order valence-corrected chi connectivity index (χ2v) is 4.12. The molecule has 1 heterocycles. The van der Waals surface area contributed by atoms with Crippen LogP contribution in [-0.4, -0.2) is 25.8 Å². The Balaban J connectivity index is 2.63. The van der Waals surface area contributed by atoms with Gasteiger partial charge in [0.1, 0.15) is 12.2 Å². The molecule has 0 amide bonds. The number of carboxylic acid groups (broad SMARTS) is 1. The van der Waals surface area contributed by atoms with Gasteiger partial charge in [-0.05, 0) is 19.8 Å². The van der Waals surface area contributed by atoms with Crippen LogP contribution in [0.2, 0.25) is 0 Å². The monoisotopic (exact) mass is 211 g/mol. The molecule has 84 valence electrons.